The minimum atomic E-state index is -0.714. The Balaban J connectivity index is 3.16. The van der Waals surface area contributed by atoms with Crippen LogP contribution in [-0.4, -0.2) is 22.4 Å². The van der Waals surface area contributed by atoms with Crippen molar-refractivity contribution >= 4 is 0 Å². The Bertz CT molecular complexity index is 749. The van der Waals surface area contributed by atoms with Crippen LogP contribution in [0.3, 0.4) is 0 Å². The molecule has 2 nitrogen and oxygen atoms in total. The monoisotopic (exact) mass is 623 g/mol. The molecule has 0 aliphatic rings. The molecule has 0 saturated carbocycles. The van der Waals surface area contributed by atoms with Crippen molar-refractivity contribution in [3.63, 3.8) is 0 Å². The molecule has 0 spiro atoms. The summed E-state index contributed by atoms with van der Waals surface area (Å²) in [5.41, 5.74) is 0. The van der Waals surface area contributed by atoms with Gasteiger partial charge < -0.3 is 10.2 Å². The first-order valence-corrected chi connectivity index (χ1v) is 19.5. The Morgan fingerprint density at radius 2 is 0.489 bits per heavy atom. The number of allylic oxidation sites excluding steroid dienone is 4. The Kier molecular flexibility index (Phi) is 37.0. The van der Waals surface area contributed by atoms with Gasteiger partial charge in [-0.2, -0.15) is 0 Å². The zero-order chi connectivity index (χ0) is 32.7. The fourth-order valence-corrected chi connectivity index (χ4v) is 5.91. The van der Waals surface area contributed by atoms with Gasteiger partial charge in [0.2, 0.25) is 0 Å². The van der Waals surface area contributed by atoms with E-state index in [1.165, 1.54) is 186 Å². The molecule has 0 aliphatic heterocycles. The predicted octanol–water partition coefficient (Wildman–Crippen LogP) is 12.7. The van der Waals surface area contributed by atoms with Crippen molar-refractivity contribution in [3.05, 3.63) is 36.5 Å². The van der Waals surface area contributed by atoms with E-state index in [0.29, 0.717) is 0 Å². The lowest BCUT2D eigenvalue weighted by atomic mass is 10.0. The average molecular weight is 623 g/mol. The van der Waals surface area contributed by atoms with E-state index < -0.39 is 12.2 Å². The van der Waals surface area contributed by atoms with Gasteiger partial charge in [0.15, 0.2) is 0 Å². The molecule has 0 heterocycles. The first-order chi connectivity index (χ1) is 22.2. The van der Waals surface area contributed by atoms with Crippen LogP contribution < -0.4 is 0 Å². The lowest BCUT2D eigenvalue weighted by Crippen LogP contribution is -1.95. The summed E-state index contributed by atoms with van der Waals surface area (Å²) in [5.74, 6) is 4.61. The molecule has 0 aromatic rings. The van der Waals surface area contributed by atoms with Crippen LogP contribution in [-0.2, 0) is 0 Å². The molecule has 0 aromatic carbocycles. The number of unbranched alkanes of at least 4 members (excludes halogenated alkanes) is 29. The van der Waals surface area contributed by atoms with Crippen LogP contribution in [0, 0.1) is 24.7 Å². The first-order valence-electron chi connectivity index (χ1n) is 19.5. The normalized spacial score (nSPS) is 13.2. The van der Waals surface area contributed by atoms with Crippen molar-refractivity contribution in [1.82, 2.24) is 0 Å². The summed E-state index contributed by atoms with van der Waals surface area (Å²) in [6.45, 7) is 0. The highest BCUT2D eigenvalue weighted by Crippen LogP contribution is 2.15. The Morgan fingerprint density at radius 3 is 0.689 bits per heavy atom. The topological polar surface area (TPSA) is 40.5 Å². The molecule has 0 fully saturated rings. The maximum absolute atomic E-state index is 9.26. The van der Waals surface area contributed by atoms with E-state index in [2.05, 4.69) is 24.0 Å². The van der Waals surface area contributed by atoms with E-state index in [0.717, 1.165) is 12.8 Å². The highest BCUT2D eigenvalue weighted by Gasteiger charge is 1.96. The molecule has 0 bridgehead atoms. The largest absolute Gasteiger partial charge is 0.377 e. The SMILES string of the molecule is C#CC(O)C=CCCCCCCCCCCCCCCCC=CCCCCCCCCCCCCCCCCC=CC(O)C#C. The highest BCUT2D eigenvalue weighted by molar-refractivity contribution is 5.06. The van der Waals surface area contributed by atoms with Crippen LogP contribution in [0.15, 0.2) is 36.5 Å². The standard InChI is InChI=1S/C43H74O2/c1-3-42(44)40-38-36-34-32-30-28-26-24-22-20-18-16-14-12-10-8-6-5-7-9-11-13-15-17-19-21-23-25-27-29-31-33-35-37-39-41-43(45)4-2/h1-2,5-6,38-45H,7-37H2. The molecule has 0 radical (unpaired) electrons. The summed E-state index contributed by atoms with van der Waals surface area (Å²) in [6, 6.07) is 0. The van der Waals surface area contributed by atoms with Crippen molar-refractivity contribution in [2.45, 2.75) is 211 Å². The average Bonchev–Trinajstić information content (AvgIpc) is 3.05. The molecule has 2 heteroatoms. The smallest absolute Gasteiger partial charge is 0.133 e. The van der Waals surface area contributed by atoms with Crippen LogP contribution in [0.5, 0.6) is 0 Å². The summed E-state index contributed by atoms with van der Waals surface area (Å²) in [7, 11) is 0. The predicted molar refractivity (Wildman–Crippen MR) is 200 cm³/mol. The molecule has 0 aromatic heterocycles. The molecule has 2 N–H and O–H groups in total. The van der Waals surface area contributed by atoms with Crippen LogP contribution >= 0.6 is 0 Å². The van der Waals surface area contributed by atoms with Crippen LogP contribution in [0.25, 0.3) is 0 Å². The van der Waals surface area contributed by atoms with E-state index in [-0.39, 0.29) is 0 Å². The number of hydrogen-bond donors (Lipinski definition) is 2. The van der Waals surface area contributed by atoms with Gasteiger partial charge in [0.25, 0.3) is 0 Å². The fourth-order valence-electron chi connectivity index (χ4n) is 5.91. The quantitative estimate of drug-likeness (QED) is 0.0419. The van der Waals surface area contributed by atoms with Crippen LogP contribution in [0.1, 0.15) is 199 Å². The molecule has 0 amide bonds. The molecule has 0 rings (SSSR count). The zero-order valence-corrected chi connectivity index (χ0v) is 29.6. The maximum Gasteiger partial charge on any atom is 0.133 e. The van der Waals surface area contributed by atoms with Crippen molar-refractivity contribution in [3.8, 4) is 24.7 Å². The lowest BCUT2D eigenvalue weighted by molar-refractivity contribution is 0.280. The van der Waals surface area contributed by atoms with E-state index in [1.54, 1.807) is 12.2 Å². The number of aliphatic hydroxyl groups excluding tert-OH is 2. The van der Waals surface area contributed by atoms with Gasteiger partial charge in [-0.15, -0.1) is 12.8 Å². The molecule has 0 saturated heterocycles. The summed E-state index contributed by atoms with van der Waals surface area (Å²) < 4.78 is 0. The van der Waals surface area contributed by atoms with Crippen molar-refractivity contribution in [1.29, 1.82) is 0 Å². The second kappa shape index (κ2) is 38.4. The van der Waals surface area contributed by atoms with Crippen LogP contribution in [0.4, 0.5) is 0 Å². The third-order valence-corrected chi connectivity index (χ3v) is 8.88. The minimum Gasteiger partial charge on any atom is -0.377 e. The Hall–Kier alpha value is -1.74. The second-order valence-corrected chi connectivity index (χ2v) is 13.3. The van der Waals surface area contributed by atoms with Crippen molar-refractivity contribution in [2.75, 3.05) is 0 Å². The van der Waals surface area contributed by atoms with Gasteiger partial charge in [-0.05, 0) is 63.5 Å². The van der Waals surface area contributed by atoms with Crippen molar-refractivity contribution in [2.24, 2.45) is 0 Å². The van der Waals surface area contributed by atoms with Gasteiger partial charge in [0.1, 0.15) is 12.2 Å². The second-order valence-electron chi connectivity index (χ2n) is 13.3. The zero-order valence-electron chi connectivity index (χ0n) is 29.6. The molecule has 2 unspecified atom stereocenters. The van der Waals surface area contributed by atoms with E-state index >= 15 is 0 Å². The molecule has 2 atom stereocenters. The van der Waals surface area contributed by atoms with Gasteiger partial charge in [-0.1, -0.05) is 184 Å². The van der Waals surface area contributed by atoms with Gasteiger partial charge in [-0.3, -0.25) is 0 Å². The van der Waals surface area contributed by atoms with E-state index in [9.17, 15) is 10.2 Å². The maximum atomic E-state index is 9.26. The molecule has 0 aliphatic carbocycles. The number of rotatable bonds is 35. The van der Waals surface area contributed by atoms with E-state index in [1.807, 2.05) is 12.2 Å². The minimum absolute atomic E-state index is 0.713. The van der Waals surface area contributed by atoms with Crippen LogP contribution in [0.2, 0.25) is 0 Å². The summed E-state index contributed by atoms with van der Waals surface area (Å²) in [5, 5.41) is 18.5. The summed E-state index contributed by atoms with van der Waals surface area (Å²) >= 11 is 0. The third-order valence-electron chi connectivity index (χ3n) is 8.88. The lowest BCUT2D eigenvalue weighted by Gasteiger charge is -2.03. The van der Waals surface area contributed by atoms with Gasteiger partial charge in [0.05, 0.1) is 0 Å². The Labute approximate surface area is 282 Å². The van der Waals surface area contributed by atoms with Gasteiger partial charge in [0, 0.05) is 0 Å². The number of terminal acetylenes is 2. The molecular formula is C43H74O2. The Morgan fingerprint density at radius 1 is 0.311 bits per heavy atom. The highest BCUT2D eigenvalue weighted by atomic mass is 16.3. The number of aliphatic hydroxyl groups is 2. The molecule has 258 valence electrons. The summed E-state index contributed by atoms with van der Waals surface area (Å²) in [4.78, 5) is 0. The molecular weight excluding hydrogens is 548 g/mol. The summed E-state index contributed by atoms with van der Waals surface area (Å²) in [6.07, 6.45) is 63.0. The van der Waals surface area contributed by atoms with Crippen molar-refractivity contribution < 1.29 is 10.2 Å². The van der Waals surface area contributed by atoms with Gasteiger partial charge >= 0.3 is 0 Å². The number of hydrogen-bond acceptors (Lipinski definition) is 2. The van der Waals surface area contributed by atoms with E-state index in [4.69, 9.17) is 12.8 Å². The van der Waals surface area contributed by atoms with Gasteiger partial charge in [-0.25, -0.2) is 0 Å². The first kappa shape index (κ1) is 43.3. The molecule has 45 heavy (non-hydrogen) atoms. The fraction of sp³-hybridized carbons (Fsp3) is 0.767. The third kappa shape index (κ3) is 38.4.